The van der Waals surface area contributed by atoms with Crippen molar-refractivity contribution in [1.82, 2.24) is 14.9 Å². The number of pyridine rings is 1. The van der Waals surface area contributed by atoms with Crippen molar-refractivity contribution in [3.63, 3.8) is 0 Å². The highest BCUT2D eigenvalue weighted by Crippen LogP contribution is 2.34. The van der Waals surface area contributed by atoms with Crippen LogP contribution in [0.3, 0.4) is 0 Å². The van der Waals surface area contributed by atoms with Gasteiger partial charge in [0.25, 0.3) is 0 Å². The Morgan fingerprint density at radius 3 is 2.96 bits per heavy atom. The molecule has 2 aromatic heterocycles. The summed E-state index contributed by atoms with van der Waals surface area (Å²) in [6, 6.07) is 12.2. The molecule has 0 saturated heterocycles. The molecule has 0 spiro atoms. The van der Waals surface area contributed by atoms with Crippen LogP contribution in [0, 0.1) is 5.92 Å². The molecule has 0 fully saturated rings. The third-order valence-corrected chi connectivity index (χ3v) is 5.63. The number of nitrogens with zero attached hydrogens (tertiary/aromatic N) is 2. The van der Waals surface area contributed by atoms with Gasteiger partial charge in [-0.25, -0.2) is 0 Å². The van der Waals surface area contributed by atoms with Gasteiger partial charge < -0.3 is 9.88 Å². The van der Waals surface area contributed by atoms with Crippen LogP contribution in [0.25, 0.3) is 10.9 Å². The third-order valence-electron chi connectivity index (χ3n) is 5.63. The lowest BCUT2D eigenvalue weighted by Crippen LogP contribution is -2.23. The van der Waals surface area contributed by atoms with Crippen LogP contribution in [-0.2, 0) is 30.7 Å². The number of carbonyl (C=O) groups is 1. The fourth-order valence-corrected chi connectivity index (χ4v) is 4.20. The largest absolute Gasteiger partial charge is 0.352 e. The smallest absolute Gasteiger partial charge is 0.220 e. The Hall–Kier alpha value is -2.62. The molecule has 0 saturated carbocycles. The molecular weight excluding hydrogens is 334 g/mol. The maximum Gasteiger partial charge on any atom is 0.220 e. The zero-order chi connectivity index (χ0) is 18.6. The van der Waals surface area contributed by atoms with Crippen molar-refractivity contribution in [1.29, 1.82) is 0 Å². The molecule has 2 heterocycles. The Morgan fingerprint density at radius 1 is 1.26 bits per heavy atom. The molecular formula is C23H27N3O. The van der Waals surface area contributed by atoms with E-state index in [1.54, 1.807) is 0 Å². The minimum atomic E-state index is 0.125. The number of fused-ring (bicyclic) bond motifs is 3. The fraction of sp³-hybridized carbons (Fsp3) is 0.391. The number of benzene rings is 1. The van der Waals surface area contributed by atoms with Crippen molar-refractivity contribution in [2.24, 2.45) is 5.92 Å². The van der Waals surface area contributed by atoms with E-state index in [1.165, 1.54) is 28.6 Å². The predicted octanol–water partition coefficient (Wildman–Crippen LogP) is 4.26. The number of hydrogen-bond donors (Lipinski definition) is 1. The first-order chi connectivity index (χ1) is 13.2. The lowest BCUT2D eigenvalue weighted by Gasteiger charge is -2.21. The molecule has 1 unspecified atom stereocenters. The Kier molecular flexibility index (Phi) is 5.23. The van der Waals surface area contributed by atoms with Gasteiger partial charge in [0.2, 0.25) is 5.91 Å². The van der Waals surface area contributed by atoms with Crippen LogP contribution < -0.4 is 5.32 Å². The zero-order valence-electron chi connectivity index (χ0n) is 15.9. The van der Waals surface area contributed by atoms with Gasteiger partial charge in [-0.3, -0.25) is 9.78 Å². The molecule has 3 aromatic rings. The number of hydrogen-bond acceptors (Lipinski definition) is 2. The molecule has 1 amide bonds. The SMILES string of the molecule is CC1CCc2c(c3cnccc3n2CCCC(=O)NCc2ccccc2)C1. The summed E-state index contributed by atoms with van der Waals surface area (Å²) >= 11 is 0. The van der Waals surface area contributed by atoms with E-state index in [0.717, 1.165) is 37.3 Å². The van der Waals surface area contributed by atoms with Crippen molar-refractivity contribution in [2.75, 3.05) is 0 Å². The molecule has 4 nitrogen and oxygen atoms in total. The minimum absolute atomic E-state index is 0.125. The number of rotatable bonds is 6. The van der Waals surface area contributed by atoms with Crippen LogP contribution in [0.2, 0.25) is 0 Å². The summed E-state index contributed by atoms with van der Waals surface area (Å²) in [5, 5.41) is 4.32. The van der Waals surface area contributed by atoms with Gasteiger partial charge in [0.15, 0.2) is 0 Å². The molecule has 0 bridgehead atoms. The summed E-state index contributed by atoms with van der Waals surface area (Å²) in [5.74, 6) is 0.861. The Bertz CT molecular complexity index is 929. The average Bonchev–Trinajstić information content (AvgIpc) is 3.00. The lowest BCUT2D eigenvalue weighted by atomic mass is 9.88. The Balaban J connectivity index is 1.40. The van der Waals surface area contributed by atoms with E-state index in [9.17, 15) is 4.79 Å². The lowest BCUT2D eigenvalue weighted by molar-refractivity contribution is -0.121. The average molecular weight is 361 g/mol. The van der Waals surface area contributed by atoms with Crippen LogP contribution in [0.4, 0.5) is 0 Å². The second kappa shape index (κ2) is 7.95. The highest BCUT2D eigenvalue weighted by molar-refractivity contribution is 5.85. The van der Waals surface area contributed by atoms with E-state index < -0.39 is 0 Å². The van der Waals surface area contributed by atoms with Crippen LogP contribution in [0.1, 0.15) is 43.0 Å². The fourth-order valence-electron chi connectivity index (χ4n) is 4.20. The molecule has 1 atom stereocenters. The number of nitrogens with one attached hydrogen (secondary N) is 1. The van der Waals surface area contributed by atoms with E-state index in [4.69, 9.17) is 0 Å². The van der Waals surface area contributed by atoms with E-state index in [1.807, 2.05) is 42.7 Å². The van der Waals surface area contributed by atoms with E-state index in [0.29, 0.717) is 13.0 Å². The molecule has 4 heteroatoms. The van der Waals surface area contributed by atoms with Gasteiger partial charge >= 0.3 is 0 Å². The van der Waals surface area contributed by atoms with Crippen molar-refractivity contribution < 1.29 is 4.79 Å². The van der Waals surface area contributed by atoms with Gasteiger partial charge in [0.1, 0.15) is 0 Å². The molecule has 0 radical (unpaired) electrons. The molecule has 1 aromatic carbocycles. The topological polar surface area (TPSA) is 46.9 Å². The Morgan fingerprint density at radius 2 is 2.11 bits per heavy atom. The Labute approximate surface area is 160 Å². The van der Waals surface area contributed by atoms with E-state index >= 15 is 0 Å². The molecule has 0 aliphatic heterocycles. The zero-order valence-corrected chi connectivity index (χ0v) is 15.9. The van der Waals surface area contributed by atoms with Crippen LogP contribution >= 0.6 is 0 Å². The number of aromatic nitrogens is 2. The van der Waals surface area contributed by atoms with Crippen LogP contribution in [0.5, 0.6) is 0 Å². The van der Waals surface area contributed by atoms with Gasteiger partial charge in [-0.2, -0.15) is 0 Å². The first-order valence-corrected chi connectivity index (χ1v) is 9.97. The maximum absolute atomic E-state index is 12.2. The molecule has 1 aliphatic carbocycles. The van der Waals surface area contributed by atoms with Gasteiger partial charge in [0, 0.05) is 43.0 Å². The van der Waals surface area contributed by atoms with E-state index in [-0.39, 0.29) is 5.91 Å². The summed E-state index contributed by atoms with van der Waals surface area (Å²) in [6.45, 7) is 3.83. The van der Waals surface area contributed by atoms with Gasteiger partial charge in [-0.05, 0) is 48.8 Å². The minimum Gasteiger partial charge on any atom is -0.352 e. The molecule has 1 N–H and O–H groups in total. The van der Waals surface area contributed by atoms with Crippen molar-refractivity contribution >= 4 is 16.8 Å². The first kappa shape index (κ1) is 17.8. The van der Waals surface area contributed by atoms with Crippen molar-refractivity contribution in [3.05, 3.63) is 65.6 Å². The third kappa shape index (κ3) is 3.90. The number of amides is 1. The number of carbonyl (C=O) groups excluding carboxylic acids is 1. The monoisotopic (exact) mass is 361 g/mol. The molecule has 1 aliphatic rings. The highest BCUT2D eigenvalue weighted by Gasteiger charge is 2.23. The van der Waals surface area contributed by atoms with Gasteiger partial charge in [0.05, 0.1) is 5.52 Å². The maximum atomic E-state index is 12.2. The van der Waals surface area contributed by atoms with Crippen molar-refractivity contribution in [3.8, 4) is 0 Å². The summed E-state index contributed by atoms with van der Waals surface area (Å²) in [6.07, 6.45) is 8.81. The van der Waals surface area contributed by atoms with Gasteiger partial charge in [-0.1, -0.05) is 37.3 Å². The predicted molar refractivity (Wildman–Crippen MR) is 108 cm³/mol. The highest BCUT2D eigenvalue weighted by atomic mass is 16.1. The summed E-state index contributed by atoms with van der Waals surface area (Å²) in [7, 11) is 0. The molecule has 4 rings (SSSR count). The summed E-state index contributed by atoms with van der Waals surface area (Å²) in [4.78, 5) is 16.6. The van der Waals surface area contributed by atoms with Gasteiger partial charge in [-0.15, -0.1) is 0 Å². The summed E-state index contributed by atoms with van der Waals surface area (Å²) < 4.78 is 2.43. The second-order valence-corrected chi connectivity index (χ2v) is 7.68. The molecule has 140 valence electrons. The second-order valence-electron chi connectivity index (χ2n) is 7.68. The van der Waals surface area contributed by atoms with Crippen LogP contribution in [-0.4, -0.2) is 15.5 Å². The normalized spacial score (nSPS) is 16.3. The quantitative estimate of drug-likeness (QED) is 0.713. The molecule has 27 heavy (non-hydrogen) atoms. The van der Waals surface area contributed by atoms with E-state index in [2.05, 4.69) is 27.9 Å². The van der Waals surface area contributed by atoms with Crippen molar-refractivity contribution in [2.45, 2.75) is 52.1 Å². The van der Waals surface area contributed by atoms with Crippen LogP contribution in [0.15, 0.2) is 48.8 Å². The first-order valence-electron chi connectivity index (χ1n) is 9.97. The summed E-state index contributed by atoms with van der Waals surface area (Å²) in [5.41, 5.74) is 5.35. The number of aryl methyl sites for hydroxylation is 1. The standard InChI is InChI=1S/C23H27N3O/c1-17-9-10-21-19(14-17)20-16-24-12-11-22(20)26(21)13-5-8-23(27)25-15-18-6-3-2-4-7-18/h2-4,6-7,11-12,16-17H,5,8-10,13-15H2,1H3,(H,25,27).